The summed E-state index contributed by atoms with van der Waals surface area (Å²) in [5.74, 6) is 0.0891. The molecule has 0 aliphatic heterocycles. The van der Waals surface area contributed by atoms with Crippen molar-refractivity contribution in [3.05, 3.63) is 48.4 Å². The van der Waals surface area contributed by atoms with Crippen molar-refractivity contribution in [3.63, 3.8) is 0 Å². The second-order valence-corrected chi connectivity index (χ2v) is 6.57. The van der Waals surface area contributed by atoms with Crippen LogP contribution in [0, 0.1) is 0 Å². The molecule has 1 unspecified atom stereocenters. The summed E-state index contributed by atoms with van der Waals surface area (Å²) in [4.78, 5) is 0.341. The van der Waals surface area contributed by atoms with E-state index < -0.39 is 9.84 Å². The SMILES string of the molecule is CCS(=O)(=O)c1ccccc1NC(C)c1ccoc1. The maximum Gasteiger partial charge on any atom is 0.180 e. The first-order valence-electron chi connectivity index (χ1n) is 6.15. The zero-order valence-corrected chi connectivity index (χ0v) is 11.8. The zero-order chi connectivity index (χ0) is 13.9. The number of para-hydroxylation sites is 1. The van der Waals surface area contributed by atoms with Crippen molar-refractivity contribution in [2.24, 2.45) is 0 Å². The third kappa shape index (κ3) is 2.98. The second-order valence-electron chi connectivity index (χ2n) is 4.32. The molecule has 0 saturated carbocycles. The van der Waals surface area contributed by atoms with Gasteiger partial charge in [-0.2, -0.15) is 0 Å². The predicted octanol–water partition coefficient (Wildman–Crippen LogP) is 3.25. The number of hydrogen-bond acceptors (Lipinski definition) is 4. The maximum absolute atomic E-state index is 12.0. The fourth-order valence-electron chi connectivity index (χ4n) is 1.85. The molecule has 19 heavy (non-hydrogen) atoms. The van der Waals surface area contributed by atoms with Crippen LogP contribution in [0.5, 0.6) is 0 Å². The molecule has 0 radical (unpaired) electrons. The summed E-state index contributed by atoms with van der Waals surface area (Å²) < 4.78 is 29.1. The molecule has 102 valence electrons. The van der Waals surface area contributed by atoms with E-state index in [1.54, 1.807) is 37.6 Å². The van der Waals surface area contributed by atoms with Gasteiger partial charge in [0.05, 0.1) is 34.9 Å². The molecule has 1 atom stereocenters. The fourth-order valence-corrected chi connectivity index (χ4v) is 2.91. The van der Waals surface area contributed by atoms with Gasteiger partial charge < -0.3 is 9.73 Å². The lowest BCUT2D eigenvalue weighted by molar-refractivity contribution is 0.562. The smallest absolute Gasteiger partial charge is 0.180 e. The summed E-state index contributed by atoms with van der Waals surface area (Å²) in [6, 6.07) is 8.79. The van der Waals surface area contributed by atoms with Gasteiger partial charge in [-0.05, 0) is 25.1 Å². The number of furan rings is 1. The highest BCUT2D eigenvalue weighted by Gasteiger charge is 2.17. The normalized spacial score (nSPS) is 13.2. The van der Waals surface area contributed by atoms with E-state index in [0.29, 0.717) is 10.6 Å². The number of nitrogens with one attached hydrogen (secondary N) is 1. The molecular formula is C14H17NO3S. The fraction of sp³-hybridized carbons (Fsp3) is 0.286. The number of sulfone groups is 1. The number of rotatable bonds is 5. The second kappa shape index (κ2) is 5.48. The minimum Gasteiger partial charge on any atom is -0.472 e. The van der Waals surface area contributed by atoms with E-state index in [1.807, 2.05) is 19.1 Å². The number of anilines is 1. The van der Waals surface area contributed by atoms with Gasteiger partial charge in [-0.25, -0.2) is 8.42 Å². The van der Waals surface area contributed by atoms with Crippen LogP contribution in [0.15, 0.2) is 52.2 Å². The van der Waals surface area contributed by atoms with Crippen LogP contribution in [0.1, 0.15) is 25.5 Å². The largest absolute Gasteiger partial charge is 0.472 e. The summed E-state index contributed by atoms with van der Waals surface area (Å²) in [5.41, 5.74) is 1.60. The predicted molar refractivity (Wildman–Crippen MR) is 74.9 cm³/mol. The molecule has 5 heteroatoms. The molecule has 1 aromatic carbocycles. The standard InChI is InChI=1S/C14H17NO3S/c1-3-19(16,17)14-7-5-4-6-13(14)15-11(2)12-8-9-18-10-12/h4-11,15H,3H2,1-2H3. The average molecular weight is 279 g/mol. The molecule has 2 rings (SSSR count). The molecule has 4 nitrogen and oxygen atoms in total. The van der Waals surface area contributed by atoms with Crippen molar-refractivity contribution in [3.8, 4) is 0 Å². The molecule has 1 heterocycles. The van der Waals surface area contributed by atoms with Crippen LogP contribution in [-0.2, 0) is 9.84 Å². The topological polar surface area (TPSA) is 59.3 Å². The van der Waals surface area contributed by atoms with Gasteiger partial charge >= 0.3 is 0 Å². The summed E-state index contributed by atoms with van der Waals surface area (Å²) in [5, 5.41) is 3.21. The van der Waals surface area contributed by atoms with Crippen LogP contribution < -0.4 is 5.32 Å². The van der Waals surface area contributed by atoms with Gasteiger partial charge in [0.25, 0.3) is 0 Å². The zero-order valence-electron chi connectivity index (χ0n) is 11.0. The maximum atomic E-state index is 12.0. The van der Waals surface area contributed by atoms with Gasteiger partial charge in [0.15, 0.2) is 9.84 Å². The Labute approximate surface area is 113 Å². The first-order chi connectivity index (χ1) is 9.04. The van der Waals surface area contributed by atoms with Crippen molar-refractivity contribution < 1.29 is 12.8 Å². The van der Waals surface area contributed by atoms with Gasteiger partial charge in [-0.15, -0.1) is 0 Å². The van der Waals surface area contributed by atoms with Crippen molar-refractivity contribution in [2.75, 3.05) is 11.1 Å². The molecule has 2 aromatic rings. The van der Waals surface area contributed by atoms with Gasteiger partial charge in [0, 0.05) is 5.56 Å². The van der Waals surface area contributed by atoms with E-state index in [0.717, 1.165) is 5.56 Å². The molecule has 0 saturated heterocycles. The average Bonchev–Trinajstić information content (AvgIpc) is 2.93. The third-order valence-corrected chi connectivity index (χ3v) is 4.80. The molecule has 1 aromatic heterocycles. The summed E-state index contributed by atoms with van der Waals surface area (Å²) in [6.45, 7) is 3.60. The molecule has 0 aliphatic rings. The summed E-state index contributed by atoms with van der Waals surface area (Å²) >= 11 is 0. The molecule has 0 amide bonds. The first kappa shape index (κ1) is 13.7. The van der Waals surface area contributed by atoms with Crippen molar-refractivity contribution in [2.45, 2.75) is 24.8 Å². The number of hydrogen-bond donors (Lipinski definition) is 1. The molecule has 0 aliphatic carbocycles. The van der Waals surface area contributed by atoms with E-state index >= 15 is 0 Å². The van der Waals surface area contributed by atoms with Gasteiger partial charge in [-0.1, -0.05) is 19.1 Å². The van der Waals surface area contributed by atoms with Crippen molar-refractivity contribution in [1.82, 2.24) is 0 Å². The Morgan fingerprint density at radius 2 is 2.00 bits per heavy atom. The highest BCUT2D eigenvalue weighted by molar-refractivity contribution is 7.91. The van der Waals surface area contributed by atoms with E-state index in [1.165, 1.54) is 0 Å². The van der Waals surface area contributed by atoms with Crippen LogP contribution in [0.3, 0.4) is 0 Å². The highest BCUT2D eigenvalue weighted by atomic mass is 32.2. The van der Waals surface area contributed by atoms with Gasteiger partial charge in [0.2, 0.25) is 0 Å². The van der Waals surface area contributed by atoms with Crippen LogP contribution in [0.4, 0.5) is 5.69 Å². The highest BCUT2D eigenvalue weighted by Crippen LogP contribution is 2.26. The lowest BCUT2D eigenvalue weighted by Gasteiger charge is -2.16. The van der Waals surface area contributed by atoms with Crippen molar-refractivity contribution in [1.29, 1.82) is 0 Å². The Bertz CT molecular complexity index is 632. The lowest BCUT2D eigenvalue weighted by Crippen LogP contribution is -2.11. The van der Waals surface area contributed by atoms with Gasteiger partial charge in [0.1, 0.15) is 0 Å². The summed E-state index contributed by atoms with van der Waals surface area (Å²) in [7, 11) is -3.23. The van der Waals surface area contributed by atoms with E-state index in [-0.39, 0.29) is 11.8 Å². The Hall–Kier alpha value is -1.75. The Morgan fingerprint density at radius 1 is 1.26 bits per heavy atom. The molecule has 1 N–H and O–H groups in total. The first-order valence-corrected chi connectivity index (χ1v) is 7.80. The molecular weight excluding hydrogens is 262 g/mol. The molecule has 0 fully saturated rings. The Kier molecular flexibility index (Phi) is 3.95. The summed E-state index contributed by atoms with van der Waals surface area (Å²) in [6.07, 6.45) is 3.25. The van der Waals surface area contributed by atoms with Crippen LogP contribution in [0.2, 0.25) is 0 Å². The van der Waals surface area contributed by atoms with E-state index in [2.05, 4.69) is 5.32 Å². The van der Waals surface area contributed by atoms with Crippen LogP contribution >= 0.6 is 0 Å². The lowest BCUT2D eigenvalue weighted by atomic mass is 10.1. The van der Waals surface area contributed by atoms with Crippen molar-refractivity contribution >= 4 is 15.5 Å². The van der Waals surface area contributed by atoms with Crippen LogP contribution in [-0.4, -0.2) is 14.2 Å². The monoisotopic (exact) mass is 279 g/mol. The third-order valence-electron chi connectivity index (χ3n) is 3.02. The quantitative estimate of drug-likeness (QED) is 0.912. The Balaban J connectivity index is 2.31. The van der Waals surface area contributed by atoms with E-state index in [4.69, 9.17) is 4.42 Å². The van der Waals surface area contributed by atoms with Gasteiger partial charge in [-0.3, -0.25) is 0 Å². The minimum absolute atomic E-state index is 0.0213. The molecule has 0 bridgehead atoms. The molecule has 0 spiro atoms. The minimum atomic E-state index is -3.23. The van der Waals surface area contributed by atoms with Crippen LogP contribution in [0.25, 0.3) is 0 Å². The Morgan fingerprint density at radius 3 is 2.63 bits per heavy atom. The van der Waals surface area contributed by atoms with E-state index in [9.17, 15) is 8.42 Å². The number of benzene rings is 1.